The fourth-order valence-electron chi connectivity index (χ4n) is 2.39. The molecule has 0 nitrogen and oxygen atoms in total. The van der Waals surface area contributed by atoms with Gasteiger partial charge in [0.15, 0.2) is 0 Å². The molecule has 0 fully saturated rings. The van der Waals surface area contributed by atoms with Crippen LogP contribution in [-0.4, -0.2) is 0 Å². The van der Waals surface area contributed by atoms with E-state index in [0.717, 1.165) is 28.8 Å². The summed E-state index contributed by atoms with van der Waals surface area (Å²) in [5.74, 6) is -1.90. The van der Waals surface area contributed by atoms with Crippen molar-refractivity contribution in [2.75, 3.05) is 0 Å². The summed E-state index contributed by atoms with van der Waals surface area (Å²) in [5.41, 5.74) is 3.10. The molecule has 0 aromatic heterocycles. The molecule has 3 aromatic rings. The standard InChI is InChI=1S/C19H12F3I/c1-11-2-4-12(5-3-11)13-6-7-15(16(20)8-13)14-9-17(21)19(23)18(22)10-14/h2-10H,1H3. The minimum Gasteiger partial charge on any atom is -0.206 e. The highest BCUT2D eigenvalue weighted by Gasteiger charge is 2.13. The summed E-state index contributed by atoms with van der Waals surface area (Å²) in [6.07, 6.45) is 0. The lowest BCUT2D eigenvalue weighted by Crippen LogP contribution is -1.93. The van der Waals surface area contributed by atoms with Gasteiger partial charge in [-0.3, -0.25) is 0 Å². The van der Waals surface area contributed by atoms with Crippen molar-refractivity contribution in [3.8, 4) is 22.3 Å². The number of halogens is 4. The lowest BCUT2D eigenvalue weighted by molar-refractivity contribution is 0.571. The molecular weight excluding hydrogens is 412 g/mol. The zero-order valence-corrected chi connectivity index (χ0v) is 14.4. The molecule has 116 valence electrons. The van der Waals surface area contributed by atoms with Gasteiger partial charge in [0.1, 0.15) is 17.5 Å². The number of hydrogen-bond donors (Lipinski definition) is 0. The topological polar surface area (TPSA) is 0 Å². The third kappa shape index (κ3) is 3.27. The van der Waals surface area contributed by atoms with Crippen LogP contribution >= 0.6 is 22.6 Å². The van der Waals surface area contributed by atoms with E-state index in [2.05, 4.69) is 0 Å². The van der Waals surface area contributed by atoms with Gasteiger partial charge in [0.05, 0.1) is 3.57 Å². The maximum atomic E-state index is 14.4. The van der Waals surface area contributed by atoms with E-state index in [4.69, 9.17) is 0 Å². The molecule has 0 unspecified atom stereocenters. The van der Waals surface area contributed by atoms with E-state index in [0.29, 0.717) is 0 Å². The van der Waals surface area contributed by atoms with Crippen molar-refractivity contribution in [3.05, 3.63) is 81.2 Å². The molecule has 0 aliphatic heterocycles. The second-order valence-corrected chi connectivity index (χ2v) is 6.39. The van der Waals surface area contributed by atoms with Gasteiger partial charge < -0.3 is 0 Å². The average Bonchev–Trinajstić information content (AvgIpc) is 2.53. The van der Waals surface area contributed by atoms with Crippen LogP contribution in [0.4, 0.5) is 13.2 Å². The van der Waals surface area contributed by atoms with E-state index in [-0.39, 0.29) is 14.7 Å². The Morgan fingerprint density at radius 1 is 0.652 bits per heavy atom. The van der Waals surface area contributed by atoms with E-state index in [9.17, 15) is 13.2 Å². The third-order valence-electron chi connectivity index (χ3n) is 3.65. The second-order valence-electron chi connectivity index (χ2n) is 5.31. The summed E-state index contributed by atoms with van der Waals surface area (Å²) in [4.78, 5) is 0. The van der Waals surface area contributed by atoms with Crippen LogP contribution in [0.1, 0.15) is 5.56 Å². The van der Waals surface area contributed by atoms with Crippen LogP contribution in [0.15, 0.2) is 54.6 Å². The maximum Gasteiger partial charge on any atom is 0.140 e. The quantitative estimate of drug-likeness (QED) is 0.332. The van der Waals surface area contributed by atoms with Gasteiger partial charge in [-0.15, -0.1) is 0 Å². The number of aryl methyl sites for hydroxylation is 1. The lowest BCUT2D eigenvalue weighted by Gasteiger charge is -2.08. The average molecular weight is 424 g/mol. The van der Waals surface area contributed by atoms with Crippen molar-refractivity contribution in [2.24, 2.45) is 0 Å². The molecule has 0 aliphatic carbocycles. The van der Waals surface area contributed by atoms with Gasteiger partial charge >= 0.3 is 0 Å². The van der Waals surface area contributed by atoms with Crippen molar-refractivity contribution in [1.82, 2.24) is 0 Å². The Kier molecular flexibility index (Phi) is 4.43. The Morgan fingerprint density at radius 2 is 1.17 bits per heavy atom. The summed E-state index contributed by atoms with van der Waals surface area (Å²) >= 11 is 1.59. The predicted octanol–water partition coefficient (Wildman–Crippen LogP) is 6.35. The molecule has 0 radical (unpaired) electrons. The van der Waals surface area contributed by atoms with Crippen LogP contribution in [0, 0.1) is 27.9 Å². The van der Waals surface area contributed by atoms with Crippen LogP contribution in [-0.2, 0) is 0 Å². The molecule has 4 heteroatoms. The van der Waals surface area contributed by atoms with Crippen molar-refractivity contribution in [2.45, 2.75) is 6.92 Å². The molecule has 3 aromatic carbocycles. The normalized spacial score (nSPS) is 10.8. The Hall–Kier alpha value is -1.82. The lowest BCUT2D eigenvalue weighted by atomic mass is 9.99. The van der Waals surface area contributed by atoms with Crippen LogP contribution in [0.5, 0.6) is 0 Å². The summed E-state index contributed by atoms with van der Waals surface area (Å²) in [7, 11) is 0. The van der Waals surface area contributed by atoms with Gasteiger partial charge in [0.25, 0.3) is 0 Å². The van der Waals surface area contributed by atoms with E-state index < -0.39 is 17.5 Å². The van der Waals surface area contributed by atoms with Crippen LogP contribution < -0.4 is 0 Å². The molecular formula is C19H12F3I. The Labute approximate surface area is 146 Å². The SMILES string of the molecule is Cc1ccc(-c2ccc(-c3cc(F)c(I)c(F)c3)c(F)c2)cc1. The van der Waals surface area contributed by atoms with Gasteiger partial charge in [-0.1, -0.05) is 42.0 Å². The molecule has 0 saturated heterocycles. The zero-order chi connectivity index (χ0) is 16.6. The van der Waals surface area contributed by atoms with Crippen LogP contribution in [0.2, 0.25) is 0 Å². The second kappa shape index (κ2) is 6.35. The fraction of sp³-hybridized carbons (Fsp3) is 0.0526. The third-order valence-corrected chi connectivity index (χ3v) is 4.68. The van der Waals surface area contributed by atoms with E-state index >= 15 is 0 Å². The van der Waals surface area contributed by atoms with Gasteiger partial charge in [0, 0.05) is 5.56 Å². The number of rotatable bonds is 2. The highest BCUT2D eigenvalue weighted by molar-refractivity contribution is 14.1. The van der Waals surface area contributed by atoms with Gasteiger partial charge in [0.2, 0.25) is 0 Å². The van der Waals surface area contributed by atoms with Crippen molar-refractivity contribution in [3.63, 3.8) is 0 Å². The number of benzene rings is 3. The van der Waals surface area contributed by atoms with Gasteiger partial charge in [-0.25, -0.2) is 13.2 Å². The van der Waals surface area contributed by atoms with E-state index in [1.807, 2.05) is 31.2 Å². The summed E-state index contributed by atoms with van der Waals surface area (Å²) in [6.45, 7) is 1.98. The van der Waals surface area contributed by atoms with Crippen molar-refractivity contribution in [1.29, 1.82) is 0 Å². The minimum atomic E-state index is -0.692. The molecule has 0 bridgehead atoms. The fourth-order valence-corrected chi connectivity index (χ4v) is 2.70. The van der Waals surface area contributed by atoms with Crippen molar-refractivity contribution >= 4 is 22.6 Å². The molecule has 0 saturated carbocycles. The molecule has 0 aliphatic rings. The van der Waals surface area contributed by atoms with Crippen molar-refractivity contribution < 1.29 is 13.2 Å². The smallest absolute Gasteiger partial charge is 0.140 e. The summed E-state index contributed by atoms with van der Waals surface area (Å²) < 4.78 is 41.7. The largest absolute Gasteiger partial charge is 0.206 e. The Bertz CT molecular complexity index is 847. The highest BCUT2D eigenvalue weighted by Crippen LogP contribution is 2.30. The molecule has 0 heterocycles. The van der Waals surface area contributed by atoms with Gasteiger partial charge in [-0.05, 0) is 64.4 Å². The first-order chi connectivity index (χ1) is 11.0. The van der Waals surface area contributed by atoms with Gasteiger partial charge in [-0.2, -0.15) is 0 Å². The molecule has 0 amide bonds. The Balaban J connectivity index is 2.04. The summed E-state index contributed by atoms with van der Waals surface area (Å²) in [6, 6.07) is 14.7. The molecule has 3 rings (SSSR count). The maximum absolute atomic E-state index is 14.4. The molecule has 0 spiro atoms. The molecule has 0 N–H and O–H groups in total. The number of hydrogen-bond acceptors (Lipinski definition) is 0. The van der Waals surface area contributed by atoms with E-state index in [1.54, 1.807) is 34.7 Å². The highest BCUT2D eigenvalue weighted by atomic mass is 127. The monoisotopic (exact) mass is 424 g/mol. The molecule has 0 atom stereocenters. The predicted molar refractivity (Wildman–Crippen MR) is 94.6 cm³/mol. The first-order valence-electron chi connectivity index (χ1n) is 6.97. The van der Waals surface area contributed by atoms with Crippen LogP contribution in [0.25, 0.3) is 22.3 Å². The van der Waals surface area contributed by atoms with Crippen LogP contribution in [0.3, 0.4) is 0 Å². The Morgan fingerprint density at radius 3 is 1.74 bits per heavy atom. The zero-order valence-electron chi connectivity index (χ0n) is 12.2. The first-order valence-corrected chi connectivity index (χ1v) is 8.05. The minimum absolute atomic E-state index is 0.0944. The summed E-state index contributed by atoms with van der Waals surface area (Å²) in [5, 5.41) is 0. The van der Waals surface area contributed by atoms with E-state index in [1.165, 1.54) is 6.07 Å². The molecule has 23 heavy (non-hydrogen) atoms. The first kappa shape index (κ1) is 16.1.